The van der Waals surface area contributed by atoms with Gasteiger partial charge < -0.3 is 30.3 Å². The second-order valence-corrected chi connectivity index (χ2v) is 10.0. The van der Waals surface area contributed by atoms with E-state index in [1.807, 2.05) is 0 Å². The Morgan fingerprint density at radius 1 is 0.816 bits per heavy atom. The fourth-order valence-corrected chi connectivity index (χ4v) is 4.55. The zero-order valence-electron chi connectivity index (χ0n) is 25.2. The van der Waals surface area contributed by atoms with Crippen LogP contribution in [0.4, 0.5) is 11.4 Å². The molecule has 0 aliphatic heterocycles. The summed E-state index contributed by atoms with van der Waals surface area (Å²) in [6.45, 7) is 0.00861. The third-order valence-corrected chi connectivity index (χ3v) is 6.95. The molecule has 246 valence electrons. The van der Waals surface area contributed by atoms with Crippen LogP contribution >= 0.6 is 0 Å². The Balaban J connectivity index is 1.17. The molecular formula is C30H23N11O8. The number of carbonyl (C=O) groups is 4. The van der Waals surface area contributed by atoms with Crippen molar-refractivity contribution in [2.75, 3.05) is 24.4 Å². The Morgan fingerprint density at radius 2 is 1.57 bits per heavy atom. The van der Waals surface area contributed by atoms with Crippen LogP contribution in [0.15, 0.2) is 73.3 Å². The van der Waals surface area contributed by atoms with Gasteiger partial charge in [0.2, 0.25) is 0 Å². The molecule has 4 aromatic heterocycles. The molecule has 2 aromatic carbocycles. The second kappa shape index (κ2) is 13.6. The van der Waals surface area contributed by atoms with E-state index in [0.29, 0.717) is 17.0 Å². The Kier molecular flexibility index (Phi) is 8.78. The first kappa shape index (κ1) is 31.7. The molecule has 2 amide bonds. The van der Waals surface area contributed by atoms with Gasteiger partial charge in [-0.05, 0) is 52.4 Å². The number of amides is 2. The van der Waals surface area contributed by atoms with E-state index in [1.165, 1.54) is 55.9 Å². The van der Waals surface area contributed by atoms with Crippen molar-refractivity contribution >= 4 is 40.8 Å². The lowest BCUT2D eigenvalue weighted by Crippen LogP contribution is -2.18. The highest BCUT2D eigenvalue weighted by atomic mass is 16.5. The number of fused-ring (bicyclic) bond motifs is 1. The van der Waals surface area contributed by atoms with Crippen LogP contribution < -0.4 is 20.1 Å². The largest absolute Gasteiger partial charge is 0.493 e. The molecule has 4 N–H and O–H groups in total. The van der Waals surface area contributed by atoms with Gasteiger partial charge in [-0.25, -0.2) is 14.6 Å². The summed E-state index contributed by atoms with van der Waals surface area (Å²) in [5, 5.41) is 47.4. The lowest BCUT2D eigenvalue weighted by molar-refractivity contribution is 0.0686. The van der Waals surface area contributed by atoms with Crippen LogP contribution in [-0.2, 0) is 6.42 Å². The van der Waals surface area contributed by atoms with Crippen molar-refractivity contribution in [1.29, 1.82) is 0 Å². The quantitative estimate of drug-likeness (QED) is 0.146. The maximum atomic E-state index is 13.0. The molecule has 49 heavy (non-hydrogen) atoms. The molecule has 0 radical (unpaired) electrons. The molecule has 0 saturated heterocycles. The number of methoxy groups -OCH3 is 1. The van der Waals surface area contributed by atoms with Gasteiger partial charge in [0.25, 0.3) is 11.8 Å². The van der Waals surface area contributed by atoms with Gasteiger partial charge in [-0.1, -0.05) is 6.07 Å². The number of nitrogens with one attached hydrogen (secondary N) is 2. The van der Waals surface area contributed by atoms with Crippen LogP contribution in [0, 0.1) is 0 Å². The van der Waals surface area contributed by atoms with Crippen molar-refractivity contribution < 1.29 is 38.9 Å². The molecule has 0 fully saturated rings. The number of aromatic carboxylic acids is 2. The third kappa shape index (κ3) is 6.94. The number of carboxylic acid groups (broad SMARTS) is 2. The molecule has 0 unspecified atom stereocenters. The minimum absolute atomic E-state index is 0.00861. The van der Waals surface area contributed by atoms with Gasteiger partial charge in [-0.3, -0.25) is 14.2 Å². The highest BCUT2D eigenvalue weighted by Gasteiger charge is 2.21. The summed E-state index contributed by atoms with van der Waals surface area (Å²) in [6, 6.07) is 12.7. The van der Waals surface area contributed by atoms with E-state index in [2.05, 4.69) is 46.4 Å². The van der Waals surface area contributed by atoms with E-state index in [1.54, 1.807) is 29.1 Å². The van der Waals surface area contributed by atoms with Crippen LogP contribution in [0.25, 0.3) is 11.5 Å². The summed E-state index contributed by atoms with van der Waals surface area (Å²) in [6.07, 6.45) is 4.98. The van der Waals surface area contributed by atoms with Gasteiger partial charge in [0, 0.05) is 30.9 Å². The van der Waals surface area contributed by atoms with Crippen LogP contribution in [-0.4, -0.2) is 92.7 Å². The fourth-order valence-electron chi connectivity index (χ4n) is 4.55. The normalized spacial score (nSPS) is 10.8. The minimum atomic E-state index is -1.34. The van der Waals surface area contributed by atoms with Crippen molar-refractivity contribution in [2.24, 2.45) is 0 Å². The molecule has 0 saturated carbocycles. The second-order valence-electron chi connectivity index (χ2n) is 10.0. The van der Waals surface area contributed by atoms with Crippen LogP contribution in [0.3, 0.4) is 0 Å². The van der Waals surface area contributed by atoms with Gasteiger partial charge in [-0.15, -0.1) is 25.0 Å². The SMILES string of the molecule is COc1cc(C(=O)O)c(NC(=O)c2ccc3nnnn3n2)cc1OCCc1ccc(C(=O)O)c(NC(=O)c2ccc(-n3ccnc3)nn2)c1. The molecule has 6 aromatic rings. The average molecular weight is 666 g/mol. The number of hydrogen-bond acceptors (Lipinski definition) is 13. The molecule has 0 aliphatic rings. The summed E-state index contributed by atoms with van der Waals surface area (Å²) in [5.74, 6) is -3.37. The molecular weight excluding hydrogens is 642 g/mol. The van der Waals surface area contributed by atoms with Gasteiger partial charge in [0.15, 0.2) is 34.4 Å². The lowest BCUT2D eigenvalue weighted by atomic mass is 10.1. The number of imidazole rings is 1. The third-order valence-electron chi connectivity index (χ3n) is 6.95. The summed E-state index contributed by atoms with van der Waals surface area (Å²) >= 11 is 0. The van der Waals surface area contributed by atoms with Gasteiger partial charge in [-0.2, -0.15) is 0 Å². The number of ether oxygens (including phenoxy) is 2. The molecule has 4 heterocycles. The van der Waals surface area contributed by atoms with Gasteiger partial charge >= 0.3 is 11.9 Å². The van der Waals surface area contributed by atoms with Gasteiger partial charge in [0.05, 0.1) is 36.2 Å². The zero-order chi connectivity index (χ0) is 34.5. The standard InChI is InChI=1S/C30H23N11O8/c1-48-23-13-18(30(46)47)22(33-28(43)20-5-7-26-36-38-39-41(26)37-20)14-24(23)49-11-8-16-2-3-17(29(44)45)21(12-16)32-27(42)19-4-6-25(35-34-19)40-10-9-31-15-40/h2-7,9-10,12-15H,8,11H2,1H3,(H,32,42)(H,33,43)(H,44,45)(H,46,47). The van der Waals surface area contributed by atoms with E-state index in [4.69, 9.17) is 9.47 Å². The number of tetrazole rings is 1. The summed E-state index contributed by atoms with van der Waals surface area (Å²) in [7, 11) is 1.33. The van der Waals surface area contributed by atoms with E-state index in [9.17, 15) is 29.4 Å². The Labute approximate surface area is 274 Å². The Bertz CT molecular complexity index is 2200. The minimum Gasteiger partial charge on any atom is -0.493 e. The molecule has 19 nitrogen and oxygen atoms in total. The highest BCUT2D eigenvalue weighted by Crippen LogP contribution is 2.34. The molecule has 0 aliphatic carbocycles. The molecule has 0 spiro atoms. The monoisotopic (exact) mass is 665 g/mol. The number of carbonyl (C=O) groups excluding carboxylic acids is 2. The summed E-state index contributed by atoms with van der Waals surface area (Å²) in [5.41, 5.74) is 0.289. The first-order valence-corrected chi connectivity index (χ1v) is 14.1. The number of benzene rings is 2. The number of anilines is 2. The molecule has 0 bridgehead atoms. The van der Waals surface area contributed by atoms with Crippen LogP contribution in [0.1, 0.15) is 47.3 Å². The number of aromatic nitrogens is 9. The van der Waals surface area contributed by atoms with Crippen molar-refractivity contribution in [3.63, 3.8) is 0 Å². The van der Waals surface area contributed by atoms with Crippen LogP contribution in [0.5, 0.6) is 11.5 Å². The average Bonchev–Trinajstić information content (AvgIpc) is 3.81. The predicted octanol–water partition coefficient (Wildman–Crippen LogP) is 2.03. The van der Waals surface area contributed by atoms with Crippen molar-refractivity contribution in [3.8, 4) is 17.3 Å². The molecule has 6 rings (SSSR count). The predicted molar refractivity (Wildman–Crippen MR) is 166 cm³/mol. The number of carboxylic acids is 2. The van der Waals surface area contributed by atoms with E-state index >= 15 is 0 Å². The Morgan fingerprint density at radius 3 is 2.27 bits per heavy atom. The van der Waals surface area contributed by atoms with E-state index < -0.39 is 23.8 Å². The number of rotatable bonds is 12. The van der Waals surface area contributed by atoms with Crippen molar-refractivity contribution in [3.05, 3.63) is 101 Å². The highest BCUT2D eigenvalue weighted by molar-refractivity contribution is 6.08. The van der Waals surface area contributed by atoms with Crippen LogP contribution in [0.2, 0.25) is 0 Å². The smallest absolute Gasteiger partial charge is 0.337 e. The zero-order valence-corrected chi connectivity index (χ0v) is 25.2. The van der Waals surface area contributed by atoms with Crippen molar-refractivity contribution in [1.82, 2.24) is 45.0 Å². The maximum absolute atomic E-state index is 13.0. The lowest BCUT2D eigenvalue weighted by Gasteiger charge is -2.16. The summed E-state index contributed by atoms with van der Waals surface area (Å²) < 4.78 is 13.9. The van der Waals surface area contributed by atoms with Crippen molar-refractivity contribution in [2.45, 2.75) is 6.42 Å². The molecule has 19 heteroatoms. The Hall–Kier alpha value is -7.31. The first-order chi connectivity index (χ1) is 23.7. The number of hydrogen-bond donors (Lipinski definition) is 4. The molecule has 0 atom stereocenters. The van der Waals surface area contributed by atoms with Gasteiger partial charge in [0.1, 0.15) is 6.33 Å². The number of nitrogens with zero attached hydrogens (tertiary/aromatic N) is 9. The van der Waals surface area contributed by atoms with E-state index in [0.717, 1.165) is 4.63 Å². The maximum Gasteiger partial charge on any atom is 0.337 e. The topological polar surface area (TPSA) is 251 Å². The fraction of sp³-hybridized carbons (Fsp3) is 0.100. The summed E-state index contributed by atoms with van der Waals surface area (Å²) in [4.78, 5) is 53.8. The first-order valence-electron chi connectivity index (χ1n) is 14.1. The van der Waals surface area contributed by atoms with E-state index in [-0.39, 0.29) is 58.4 Å².